The first-order valence-corrected chi connectivity index (χ1v) is 9.06. The molecule has 3 rings (SSSR count). The second-order valence-electron chi connectivity index (χ2n) is 5.02. The Morgan fingerprint density at radius 3 is 2.84 bits per heavy atom. The molecule has 2 aromatic heterocycles. The molecule has 0 bridgehead atoms. The van der Waals surface area contributed by atoms with E-state index in [1.165, 1.54) is 22.9 Å². The molecule has 10 heteroatoms. The highest BCUT2D eigenvalue weighted by Gasteiger charge is 2.12. The number of nitrogens with zero attached hydrogens (tertiary/aromatic N) is 3. The van der Waals surface area contributed by atoms with Crippen molar-refractivity contribution in [2.75, 3.05) is 17.4 Å². The van der Waals surface area contributed by atoms with Gasteiger partial charge >= 0.3 is 0 Å². The maximum Gasteiger partial charge on any atom is 0.257 e. The molecule has 2 heterocycles. The zero-order valence-electron chi connectivity index (χ0n) is 13.2. The van der Waals surface area contributed by atoms with Crippen molar-refractivity contribution in [3.8, 4) is 5.75 Å². The van der Waals surface area contributed by atoms with Crippen molar-refractivity contribution in [2.24, 2.45) is 0 Å². The second-order valence-corrected chi connectivity index (χ2v) is 6.79. The van der Waals surface area contributed by atoms with Gasteiger partial charge in [0.15, 0.2) is 0 Å². The van der Waals surface area contributed by atoms with Crippen LogP contribution in [-0.2, 0) is 6.42 Å². The summed E-state index contributed by atoms with van der Waals surface area (Å²) < 4.78 is 5.73. The van der Waals surface area contributed by atoms with Crippen LogP contribution in [0.15, 0.2) is 29.2 Å². The second kappa shape index (κ2) is 8.01. The summed E-state index contributed by atoms with van der Waals surface area (Å²) in [6, 6.07) is 4.73. The van der Waals surface area contributed by atoms with Crippen LogP contribution in [0.25, 0.3) is 0 Å². The molecule has 3 aromatic rings. The van der Waals surface area contributed by atoms with Gasteiger partial charge in [0, 0.05) is 22.9 Å². The van der Waals surface area contributed by atoms with Gasteiger partial charge in [0.25, 0.3) is 5.91 Å². The Hall–Kier alpha value is -2.56. The van der Waals surface area contributed by atoms with E-state index in [9.17, 15) is 10.0 Å². The van der Waals surface area contributed by atoms with Crippen molar-refractivity contribution in [3.05, 3.63) is 45.4 Å². The molecular weight excluding hydrogens is 362 g/mol. The van der Waals surface area contributed by atoms with Gasteiger partial charge in [-0.3, -0.25) is 20.8 Å². The summed E-state index contributed by atoms with van der Waals surface area (Å²) in [5.74, 6) is 0.112. The summed E-state index contributed by atoms with van der Waals surface area (Å²) in [5, 5.41) is 19.6. The molecule has 0 fully saturated rings. The highest BCUT2D eigenvalue weighted by atomic mass is 32.1. The van der Waals surface area contributed by atoms with Crippen LogP contribution in [0.5, 0.6) is 5.75 Å². The molecule has 0 radical (unpaired) electrons. The summed E-state index contributed by atoms with van der Waals surface area (Å²) in [7, 11) is 0. The zero-order chi connectivity index (χ0) is 17.6. The van der Waals surface area contributed by atoms with E-state index in [0.29, 0.717) is 28.7 Å². The molecule has 1 amide bonds. The number of hydrogen-bond acceptors (Lipinski definition) is 9. The van der Waals surface area contributed by atoms with Gasteiger partial charge in [-0.15, -0.1) is 21.5 Å². The minimum absolute atomic E-state index is 0.332. The van der Waals surface area contributed by atoms with E-state index in [-0.39, 0.29) is 5.91 Å². The van der Waals surface area contributed by atoms with E-state index >= 15 is 0 Å². The minimum Gasteiger partial charge on any atom is -0.493 e. The third kappa shape index (κ3) is 4.50. The lowest BCUT2D eigenvalue weighted by Crippen LogP contribution is -2.12. The number of carbonyl (C=O) groups is 1. The fourth-order valence-electron chi connectivity index (χ4n) is 2.10. The molecule has 1 aromatic carbocycles. The summed E-state index contributed by atoms with van der Waals surface area (Å²) in [4.78, 5) is 17.7. The molecule has 0 aliphatic heterocycles. The van der Waals surface area contributed by atoms with Gasteiger partial charge < -0.3 is 4.74 Å². The van der Waals surface area contributed by atoms with Crippen molar-refractivity contribution in [1.29, 1.82) is 0 Å². The van der Waals surface area contributed by atoms with Crippen LogP contribution >= 0.6 is 22.7 Å². The first-order valence-electron chi connectivity index (χ1n) is 7.30. The van der Waals surface area contributed by atoms with Crippen LogP contribution < -0.4 is 15.5 Å². The number of ether oxygens (including phenoxy) is 1. The monoisotopic (exact) mass is 377 g/mol. The summed E-state index contributed by atoms with van der Waals surface area (Å²) in [6.45, 7) is 2.40. The van der Waals surface area contributed by atoms with Gasteiger partial charge in [-0.2, -0.15) is 0 Å². The molecule has 0 aliphatic carbocycles. The summed E-state index contributed by atoms with van der Waals surface area (Å²) in [6.07, 6.45) is 0.722. The van der Waals surface area contributed by atoms with Gasteiger partial charge in [0.05, 0.1) is 23.5 Å². The minimum atomic E-state index is -0.364. The molecule has 0 unspecified atom stereocenters. The molecule has 8 nitrogen and oxygen atoms in total. The maximum atomic E-state index is 12.3. The Kier molecular flexibility index (Phi) is 5.53. The fraction of sp³-hybridized carbons (Fsp3) is 0.200. The van der Waals surface area contributed by atoms with Crippen molar-refractivity contribution in [3.63, 3.8) is 0 Å². The van der Waals surface area contributed by atoms with Crippen LogP contribution in [0.3, 0.4) is 0 Å². The molecule has 0 atom stereocenters. The first kappa shape index (κ1) is 17.3. The number of nitrogens with one attached hydrogen (secondary N) is 2. The topological polar surface area (TPSA) is 109 Å². The van der Waals surface area contributed by atoms with Gasteiger partial charge in [0.1, 0.15) is 11.3 Å². The van der Waals surface area contributed by atoms with Crippen LogP contribution in [0.4, 0.5) is 10.8 Å². The Bertz CT molecular complexity index is 851. The smallest absolute Gasteiger partial charge is 0.257 e. The molecule has 0 aliphatic rings. The number of rotatable bonds is 7. The molecule has 25 heavy (non-hydrogen) atoms. The SMILES string of the molecule is Cc1ncsc1CCOc1cc(NO)cc(C(=O)Nc2nncs2)c1. The highest BCUT2D eigenvalue weighted by molar-refractivity contribution is 7.13. The molecule has 0 saturated carbocycles. The third-order valence-electron chi connectivity index (χ3n) is 3.32. The van der Waals surface area contributed by atoms with Crippen LogP contribution in [0.1, 0.15) is 20.9 Å². The van der Waals surface area contributed by atoms with Gasteiger partial charge in [-0.05, 0) is 19.1 Å². The lowest BCUT2D eigenvalue weighted by molar-refractivity contribution is 0.102. The van der Waals surface area contributed by atoms with Crippen LogP contribution in [0, 0.1) is 6.92 Å². The van der Waals surface area contributed by atoms with Gasteiger partial charge in [-0.25, -0.2) is 4.98 Å². The van der Waals surface area contributed by atoms with Crippen molar-refractivity contribution in [2.45, 2.75) is 13.3 Å². The lowest BCUT2D eigenvalue weighted by atomic mass is 10.1. The molecule has 0 saturated heterocycles. The number of carbonyl (C=O) groups excluding carboxylic acids is 1. The Balaban J connectivity index is 1.68. The number of hydrogen-bond donors (Lipinski definition) is 3. The third-order valence-corrected chi connectivity index (χ3v) is 4.92. The van der Waals surface area contributed by atoms with E-state index < -0.39 is 0 Å². The Morgan fingerprint density at radius 2 is 2.16 bits per heavy atom. The number of anilines is 2. The van der Waals surface area contributed by atoms with E-state index in [2.05, 4.69) is 20.5 Å². The van der Waals surface area contributed by atoms with Crippen molar-refractivity contribution in [1.82, 2.24) is 15.2 Å². The average Bonchev–Trinajstić information content (AvgIpc) is 3.26. The summed E-state index contributed by atoms with van der Waals surface area (Å²) >= 11 is 2.80. The Labute approximate surface area is 151 Å². The molecule has 130 valence electrons. The summed E-state index contributed by atoms with van der Waals surface area (Å²) in [5.41, 5.74) is 7.05. The largest absolute Gasteiger partial charge is 0.493 e. The first-order chi connectivity index (χ1) is 12.2. The number of amides is 1. The van der Waals surface area contributed by atoms with E-state index in [1.54, 1.807) is 29.0 Å². The molecular formula is C15H15N5O3S2. The normalized spacial score (nSPS) is 10.5. The van der Waals surface area contributed by atoms with Crippen LogP contribution in [0.2, 0.25) is 0 Å². The van der Waals surface area contributed by atoms with E-state index in [4.69, 9.17) is 4.74 Å². The molecule has 3 N–H and O–H groups in total. The number of thiazole rings is 1. The standard InChI is InChI=1S/C15H15N5O3S2/c1-9-13(24-7-16-9)2-3-23-12-5-10(4-11(6-12)20-22)14(21)18-15-19-17-8-25-15/h4-8,20,22H,2-3H2,1H3,(H,18,19,21). The maximum absolute atomic E-state index is 12.3. The quantitative estimate of drug-likeness (QED) is 0.543. The van der Waals surface area contributed by atoms with Gasteiger partial charge in [-0.1, -0.05) is 11.3 Å². The highest BCUT2D eigenvalue weighted by Crippen LogP contribution is 2.23. The van der Waals surface area contributed by atoms with Gasteiger partial charge in [0.2, 0.25) is 5.13 Å². The Morgan fingerprint density at radius 1 is 1.28 bits per heavy atom. The van der Waals surface area contributed by atoms with E-state index in [0.717, 1.165) is 17.0 Å². The fourth-order valence-corrected chi connectivity index (χ4v) is 3.31. The number of aromatic nitrogens is 3. The molecule has 0 spiro atoms. The van der Waals surface area contributed by atoms with Crippen molar-refractivity contribution < 1.29 is 14.7 Å². The number of benzene rings is 1. The lowest BCUT2D eigenvalue weighted by Gasteiger charge is -2.10. The predicted octanol–water partition coefficient (Wildman–Crippen LogP) is 2.98. The van der Waals surface area contributed by atoms with E-state index in [1.807, 2.05) is 12.4 Å². The van der Waals surface area contributed by atoms with Crippen LogP contribution in [-0.4, -0.2) is 32.9 Å². The average molecular weight is 377 g/mol. The predicted molar refractivity (Wildman–Crippen MR) is 95.8 cm³/mol. The van der Waals surface area contributed by atoms with Crippen molar-refractivity contribution >= 4 is 39.4 Å². The number of aryl methyl sites for hydroxylation is 1. The zero-order valence-corrected chi connectivity index (χ0v) is 14.9.